The molecule has 1 aliphatic heterocycles. The standard InChI is InChI=1S/C20H26N4O3S2/c1-2-27-19(26)12-7-9-24(10-8-12)15(25)11-28-20-22-17(21)16-13-5-3-4-6-14(13)29-18(16)23-20/h12H,2-11H2,1H3,(H2,21,22,23). The lowest BCUT2D eigenvalue weighted by atomic mass is 9.97. The van der Waals surface area contributed by atoms with Gasteiger partial charge in [0.1, 0.15) is 10.6 Å². The van der Waals surface area contributed by atoms with Crippen molar-refractivity contribution in [2.45, 2.75) is 50.6 Å². The molecule has 1 amide bonds. The largest absolute Gasteiger partial charge is 0.466 e. The number of nitrogen functional groups attached to an aromatic ring is 1. The van der Waals surface area contributed by atoms with E-state index in [1.54, 1.807) is 11.3 Å². The second-order valence-electron chi connectivity index (χ2n) is 7.48. The van der Waals surface area contributed by atoms with Crippen LogP contribution in [0.3, 0.4) is 0 Å². The maximum Gasteiger partial charge on any atom is 0.309 e. The van der Waals surface area contributed by atoms with Gasteiger partial charge in [0.25, 0.3) is 0 Å². The smallest absolute Gasteiger partial charge is 0.309 e. The Hall–Kier alpha value is -1.87. The minimum absolute atomic E-state index is 0.0463. The maximum absolute atomic E-state index is 12.6. The van der Waals surface area contributed by atoms with Gasteiger partial charge in [0.05, 0.1) is 23.7 Å². The van der Waals surface area contributed by atoms with Crippen LogP contribution in [-0.4, -0.2) is 52.2 Å². The van der Waals surface area contributed by atoms with Gasteiger partial charge in [-0.1, -0.05) is 11.8 Å². The van der Waals surface area contributed by atoms with Crippen LogP contribution in [0.25, 0.3) is 10.2 Å². The van der Waals surface area contributed by atoms with E-state index in [1.807, 2.05) is 11.8 Å². The third kappa shape index (κ3) is 4.35. The molecule has 2 N–H and O–H groups in total. The molecule has 0 bridgehead atoms. The van der Waals surface area contributed by atoms with Crippen LogP contribution in [0.5, 0.6) is 0 Å². The highest BCUT2D eigenvalue weighted by Crippen LogP contribution is 2.38. The van der Waals surface area contributed by atoms with Gasteiger partial charge in [-0.3, -0.25) is 9.59 Å². The molecule has 0 spiro atoms. The summed E-state index contributed by atoms with van der Waals surface area (Å²) in [6.45, 7) is 3.38. The van der Waals surface area contributed by atoms with E-state index in [0.29, 0.717) is 43.5 Å². The van der Waals surface area contributed by atoms with Crippen molar-refractivity contribution < 1.29 is 14.3 Å². The zero-order chi connectivity index (χ0) is 20.4. The number of aryl methyl sites for hydroxylation is 2. The fourth-order valence-corrected chi connectivity index (χ4v) is 6.15. The number of amides is 1. The topological polar surface area (TPSA) is 98.4 Å². The molecule has 1 aliphatic carbocycles. The third-order valence-corrected chi connectivity index (χ3v) is 7.63. The molecule has 156 valence electrons. The average molecular weight is 435 g/mol. The van der Waals surface area contributed by atoms with Gasteiger partial charge in [-0.05, 0) is 51.0 Å². The van der Waals surface area contributed by atoms with Gasteiger partial charge in [-0.25, -0.2) is 9.97 Å². The van der Waals surface area contributed by atoms with Gasteiger partial charge < -0.3 is 15.4 Å². The van der Waals surface area contributed by atoms with Crippen molar-refractivity contribution in [1.29, 1.82) is 0 Å². The van der Waals surface area contributed by atoms with Crippen LogP contribution in [0.4, 0.5) is 5.82 Å². The fourth-order valence-electron chi connectivity index (χ4n) is 4.07. The number of fused-ring (bicyclic) bond motifs is 3. The van der Waals surface area contributed by atoms with Crippen LogP contribution in [-0.2, 0) is 27.2 Å². The van der Waals surface area contributed by atoms with E-state index >= 15 is 0 Å². The first kappa shape index (κ1) is 20.4. The monoisotopic (exact) mass is 434 g/mol. The molecule has 2 aromatic heterocycles. The highest BCUT2D eigenvalue weighted by molar-refractivity contribution is 7.99. The summed E-state index contributed by atoms with van der Waals surface area (Å²) < 4.78 is 5.08. The van der Waals surface area contributed by atoms with Crippen molar-refractivity contribution >= 4 is 51.0 Å². The predicted octanol–water partition coefficient (Wildman–Crippen LogP) is 3.05. The summed E-state index contributed by atoms with van der Waals surface area (Å²) in [6.07, 6.45) is 5.87. The lowest BCUT2D eigenvalue weighted by Gasteiger charge is -2.30. The number of aromatic nitrogens is 2. The fraction of sp³-hybridized carbons (Fsp3) is 0.600. The molecule has 0 atom stereocenters. The molecule has 0 aromatic carbocycles. The van der Waals surface area contributed by atoms with Crippen LogP contribution >= 0.6 is 23.1 Å². The van der Waals surface area contributed by atoms with Crippen molar-refractivity contribution in [1.82, 2.24) is 14.9 Å². The minimum atomic E-state index is -0.148. The Balaban J connectivity index is 1.36. The van der Waals surface area contributed by atoms with E-state index in [4.69, 9.17) is 10.5 Å². The number of hydrogen-bond donors (Lipinski definition) is 1. The van der Waals surface area contributed by atoms with Crippen molar-refractivity contribution in [3.63, 3.8) is 0 Å². The molecule has 0 saturated carbocycles. The highest BCUT2D eigenvalue weighted by atomic mass is 32.2. The Bertz CT molecular complexity index is 922. The molecule has 29 heavy (non-hydrogen) atoms. The SMILES string of the molecule is CCOC(=O)C1CCN(C(=O)CSc2nc(N)c3c4c(sc3n2)CCCC4)CC1. The molecular formula is C20H26N4O3S2. The number of rotatable bonds is 5. The number of nitrogens with two attached hydrogens (primary N) is 1. The van der Waals surface area contributed by atoms with Gasteiger partial charge >= 0.3 is 5.97 Å². The molecule has 2 aromatic rings. The molecule has 0 unspecified atom stereocenters. The molecular weight excluding hydrogens is 408 g/mol. The van der Waals surface area contributed by atoms with E-state index in [9.17, 15) is 9.59 Å². The van der Waals surface area contributed by atoms with Crippen LogP contribution < -0.4 is 5.73 Å². The van der Waals surface area contributed by atoms with Crippen molar-refractivity contribution in [3.8, 4) is 0 Å². The number of hydrogen-bond acceptors (Lipinski definition) is 8. The number of thioether (sulfide) groups is 1. The molecule has 2 aliphatic rings. The molecule has 1 saturated heterocycles. The number of likely N-dealkylation sites (tertiary alicyclic amines) is 1. The van der Waals surface area contributed by atoms with Crippen molar-refractivity contribution in [2.75, 3.05) is 31.2 Å². The second kappa shape index (κ2) is 8.87. The summed E-state index contributed by atoms with van der Waals surface area (Å²) in [6, 6.07) is 0. The Morgan fingerprint density at radius 3 is 2.76 bits per heavy atom. The summed E-state index contributed by atoms with van der Waals surface area (Å²) in [5.74, 6) is 0.608. The minimum Gasteiger partial charge on any atom is -0.466 e. The lowest BCUT2D eigenvalue weighted by Crippen LogP contribution is -2.41. The van der Waals surface area contributed by atoms with Crippen molar-refractivity contribution in [2.24, 2.45) is 5.92 Å². The number of anilines is 1. The summed E-state index contributed by atoms with van der Waals surface area (Å²) in [4.78, 5) is 37.7. The molecule has 0 radical (unpaired) electrons. The van der Waals surface area contributed by atoms with E-state index in [2.05, 4.69) is 9.97 Å². The highest BCUT2D eigenvalue weighted by Gasteiger charge is 2.28. The van der Waals surface area contributed by atoms with Gasteiger partial charge in [-0.15, -0.1) is 11.3 Å². The number of carbonyl (C=O) groups is 2. The Labute approximate surface area is 178 Å². The Morgan fingerprint density at radius 2 is 2.00 bits per heavy atom. The number of carbonyl (C=O) groups excluding carboxylic acids is 2. The van der Waals surface area contributed by atoms with E-state index in [-0.39, 0.29) is 23.5 Å². The summed E-state index contributed by atoms with van der Waals surface area (Å²) >= 11 is 3.05. The average Bonchev–Trinajstić information content (AvgIpc) is 3.11. The Kier molecular flexibility index (Phi) is 6.24. The first-order valence-electron chi connectivity index (χ1n) is 10.2. The summed E-state index contributed by atoms with van der Waals surface area (Å²) in [7, 11) is 0. The molecule has 3 heterocycles. The number of ether oxygens (including phenoxy) is 1. The van der Waals surface area contributed by atoms with Crippen LogP contribution in [0.1, 0.15) is 43.0 Å². The Morgan fingerprint density at radius 1 is 1.24 bits per heavy atom. The van der Waals surface area contributed by atoms with Gasteiger partial charge in [0.15, 0.2) is 5.16 Å². The maximum atomic E-state index is 12.6. The second-order valence-corrected chi connectivity index (χ2v) is 9.50. The first-order valence-corrected chi connectivity index (χ1v) is 12.0. The van der Waals surface area contributed by atoms with Crippen LogP contribution in [0.2, 0.25) is 0 Å². The predicted molar refractivity (Wildman–Crippen MR) is 115 cm³/mol. The van der Waals surface area contributed by atoms with Crippen molar-refractivity contribution in [3.05, 3.63) is 10.4 Å². The zero-order valence-electron chi connectivity index (χ0n) is 16.6. The van der Waals surface area contributed by atoms with E-state index in [1.165, 1.54) is 35.0 Å². The molecule has 4 rings (SSSR count). The first-order chi connectivity index (χ1) is 14.1. The molecule has 1 fully saturated rings. The number of piperidine rings is 1. The normalized spacial score (nSPS) is 17.3. The molecule has 7 nitrogen and oxygen atoms in total. The number of esters is 1. The lowest BCUT2D eigenvalue weighted by molar-refractivity contribution is -0.151. The van der Waals surface area contributed by atoms with E-state index in [0.717, 1.165) is 23.1 Å². The van der Waals surface area contributed by atoms with E-state index < -0.39 is 0 Å². The molecule has 9 heteroatoms. The van der Waals surface area contributed by atoms with Gasteiger partial charge in [0, 0.05) is 18.0 Å². The van der Waals surface area contributed by atoms with Crippen LogP contribution in [0.15, 0.2) is 5.16 Å². The quantitative estimate of drug-likeness (QED) is 0.439. The van der Waals surface area contributed by atoms with Crippen LogP contribution in [0, 0.1) is 5.92 Å². The van der Waals surface area contributed by atoms with Gasteiger partial charge in [-0.2, -0.15) is 0 Å². The summed E-state index contributed by atoms with van der Waals surface area (Å²) in [5, 5.41) is 1.57. The zero-order valence-corrected chi connectivity index (χ0v) is 18.2. The van der Waals surface area contributed by atoms with Gasteiger partial charge in [0.2, 0.25) is 5.91 Å². The number of nitrogens with zero attached hydrogens (tertiary/aromatic N) is 3. The third-order valence-electron chi connectivity index (χ3n) is 5.61. The summed E-state index contributed by atoms with van der Waals surface area (Å²) in [5.41, 5.74) is 7.57. The number of thiophene rings is 1.